The second-order valence-corrected chi connectivity index (χ2v) is 5.09. The zero-order chi connectivity index (χ0) is 11.7. The topological polar surface area (TPSA) is 38.9 Å². The first-order valence-corrected chi connectivity index (χ1v) is 6.05. The van der Waals surface area contributed by atoms with Crippen molar-refractivity contribution in [1.82, 2.24) is 10.2 Å². The quantitative estimate of drug-likeness (QED) is 0.784. The van der Waals surface area contributed by atoms with Crippen LogP contribution in [-0.2, 0) is 0 Å². The number of aromatic nitrogens is 2. The maximum Gasteiger partial charge on any atom is 0.248 e. The third-order valence-corrected chi connectivity index (χ3v) is 2.89. The molecule has 0 amide bonds. The van der Waals surface area contributed by atoms with Gasteiger partial charge in [0.25, 0.3) is 0 Å². The number of hydrogen-bond acceptors (Lipinski definition) is 3. The lowest BCUT2D eigenvalue weighted by atomic mass is 10.1. The van der Waals surface area contributed by atoms with Crippen molar-refractivity contribution in [2.24, 2.45) is 0 Å². The van der Waals surface area contributed by atoms with E-state index in [1.54, 1.807) is 6.92 Å². The largest absolute Gasteiger partial charge is 0.419 e. The van der Waals surface area contributed by atoms with E-state index in [0.29, 0.717) is 11.8 Å². The molecule has 0 aliphatic carbocycles. The van der Waals surface area contributed by atoms with Gasteiger partial charge in [0.05, 0.1) is 0 Å². The highest BCUT2D eigenvalue weighted by molar-refractivity contribution is 9.10. The molecule has 1 aromatic heterocycles. The van der Waals surface area contributed by atoms with Crippen molar-refractivity contribution >= 4 is 27.5 Å². The van der Waals surface area contributed by atoms with Crippen molar-refractivity contribution < 1.29 is 4.42 Å². The lowest BCUT2D eigenvalue weighted by Gasteiger charge is -2.01. The zero-order valence-corrected chi connectivity index (χ0v) is 11.2. The van der Waals surface area contributed by atoms with Gasteiger partial charge in [0, 0.05) is 10.0 Å². The van der Waals surface area contributed by atoms with Gasteiger partial charge in [-0.3, -0.25) is 0 Å². The Bertz CT molecular complexity index is 510. The van der Waals surface area contributed by atoms with Crippen molar-refractivity contribution in [2.75, 3.05) is 0 Å². The van der Waals surface area contributed by atoms with E-state index >= 15 is 0 Å². The Balaban J connectivity index is 2.46. The summed E-state index contributed by atoms with van der Waals surface area (Å²) in [7, 11) is 0. The van der Waals surface area contributed by atoms with Gasteiger partial charge in [0.15, 0.2) is 0 Å². The molecule has 1 unspecified atom stereocenters. The number of aryl methyl sites for hydroxylation is 1. The van der Waals surface area contributed by atoms with Crippen molar-refractivity contribution in [3.05, 3.63) is 34.1 Å². The average molecular weight is 302 g/mol. The van der Waals surface area contributed by atoms with Gasteiger partial charge in [-0.1, -0.05) is 22.0 Å². The minimum Gasteiger partial charge on any atom is -0.419 e. The summed E-state index contributed by atoms with van der Waals surface area (Å²) in [5, 5.41) is 7.62. The molecule has 0 aliphatic rings. The lowest BCUT2D eigenvalue weighted by Crippen LogP contribution is -1.83. The minimum absolute atomic E-state index is 0.270. The molecule has 0 spiro atoms. The van der Waals surface area contributed by atoms with Gasteiger partial charge >= 0.3 is 0 Å². The molecule has 0 aliphatic heterocycles. The highest BCUT2D eigenvalue weighted by atomic mass is 79.9. The first-order chi connectivity index (χ1) is 7.58. The summed E-state index contributed by atoms with van der Waals surface area (Å²) in [6.45, 7) is 3.79. The number of benzene rings is 1. The van der Waals surface area contributed by atoms with E-state index in [9.17, 15) is 0 Å². The molecule has 0 radical (unpaired) electrons. The van der Waals surface area contributed by atoms with E-state index in [1.807, 2.05) is 25.1 Å². The van der Waals surface area contributed by atoms with Gasteiger partial charge < -0.3 is 4.42 Å². The number of hydrogen-bond donors (Lipinski definition) is 0. The summed E-state index contributed by atoms with van der Waals surface area (Å²) in [6, 6.07) is 5.92. The number of rotatable bonds is 2. The highest BCUT2D eigenvalue weighted by Crippen LogP contribution is 2.28. The molecule has 2 aromatic rings. The van der Waals surface area contributed by atoms with Crippen LogP contribution in [0.5, 0.6) is 0 Å². The van der Waals surface area contributed by atoms with Crippen LogP contribution in [0.2, 0.25) is 0 Å². The maximum absolute atomic E-state index is 5.87. The monoisotopic (exact) mass is 300 g/mol. The van der Waals surface area contributed by atoms with Crippen molar-refractivity contribution in [1.29, 1.82) is 0 Å². The van der Waals surface area contributed by atoms with Crippen molar-refractivity contribution in [3.8, 4) is 11.5 Å². The molecule has 0 bridgehead atoms. The molecule has 0 saturated heterocycles. The molecule has 1 heterocycles. The normalized spacial score (nSPS) is 12.8. The van der Waals surface area contributed by atoms with Crippen LogP contribution in [0.4, 0.5) is 0 Å². The Labute approximate surface area is 107 Å². The molecular formula is C11H10BrClN2O. The van der Waals surface area contributed by atoms with Crippen molar-refractivity contribution in [2.45, 2.75) is 19.2 Å². The number of nitrogens with zero attached hydrogens (tertiary/aromatic N) is 2. The number of alkyl halides is 1. The zero-order valence-electron chi connectivity index (χ0n) is 8.87. The molecule has 5 heteroatoms. The van der Waals surface area contributed by atoms with Crippen LogP contribution in [0.15, 0.2) is 27.1 Å². The van der Waals surface area contributed by atoms with Crippen LogP contribution in [0.25, 0.3) is 11.5 Å². The van der Waals surface area contributed by atoms with E-state index in [0.717, 1.165) is 15.6 Å². The van der Waals surface area contributed by atoms with Gasteiger partial charge in [-0.15, -0.1) is 21.8 Å². The van der Waals surface area contributed by atoms with Crippen LogP contribution < -0.4 is 0 Å². The van der Waals surface area contributed by atoms with Crippen LogP contribution in [-0.4, -0.2) is 10.2 Å². The van der Waals surface area contributed by atoms with Crippen LogP contribution in [0.1, 0.15) is 23.8 Å². The summed E-state index contributed by atoms with van der Waals surface area (Å²) in [6.07, 6.45) is 0. The Morgan fingerprint density at radius 2 is 2.12 bits per heavy atom. The summed E-state index contributed by atoms with van der Waals surface area (Å²) in [5.41, 5.74) is 2.01. The third-order valence-electron chi connectivity index (χ3n) is 2.21. The first-order valence-electron chi connectivity index (χ1n) is 4.82. The predicted octanol–water partition coefficient (Wildman–Crippen LogP) is 4.11. The molecule has 1 aromatic carbocycles. The summed E-state index contributed by atoms with van der Waals surface area (Å²) < 4.78 is 6.47. The lowest BCUT2D eigenvalue weighted by molar-refractivity contribution is 0.507. The van der Waals surface area contributed by atoms with Crippen LogP contribution in [0, 0.1) is 6.92 Å². The molecular weight excluding hydrogens is 291 g/mol. The van der Waals surface area contributed by atoms with Gasteiger partial charge in [-0.25, -0.2) is 0 Å². The fourth-order valence-corrected chi connectivity index (χ4v) is 1.78. The first kappa shape index (κ1) is 11.6. The van der Waals surface area contributed by atoms with E-state index in [4.69, 9.17) is 16.0 Å². The third kappa shape index (κ3) is 2.28. The average Bonchev–Trinajstić information content (AvgIpc) is 2.70. The number of halogens is 2. The summed E-state index contributed by atoms with van der Waals surface area (Å²) >= 11 is 9.28. The standard InChI is InChI=1S/C11H10BrClN2O/c1-6-3-4-8(12)5-9(6)11-15-14-10(16-11)7(2)13/h3-5,7H,1-2H3. The molecule has 0 N–H and O–H groups in total. The SMILES string of the molecule is Cc1ccc(Br)cc1-c1nnc(C(C)Cl)o1. The molecule has 3 nitrogen and oxygen atoms in total. The fraction of sp³-hybridized carbons (Fsp3) is 0.273. The molecule has 1 atom stereocenters. The molecule has 0 fully saturated rings. The summed E-state index contributed by atoms with van der Waals surface area (Å²) in [4.78, 5) is 0. The minimum atomic E-state index is -0.270. The Morgan fingerprint density at radius 3 is 2.75 bits per heavy atom. The van der Waals surface area contributed by atoms with Gasteiger partial charge in [-0.05, 0) is 31.5 Å². The fourth-order valence-electron chi connectivity index (χ4n) is 1.33. The Kier molecular flexibility index (Phi) is 3.30. The van der Waals surface area contributed by atoms with Gasteiger partial charge in [0.2, 0.25) is 11.8 Å². The second kappa shape index (κ2) is 4.55. The Hall–Kier alpha value is -0.870. The molecule has 16 heavy (non-hydrogen) atoms. The van der Waals surface area contributed by atoms with Crippen LogP contribution in [0.3, 0.4) is 0 Å². The van der Waals surface area contributed by atoms with Gasteiger partial charge in [-0.2, -0.15) is 0 Å². The molecule has 0 saturated carbocycles. The molecule has 84 valence electrons. The highest BCUT2D eigenvalue weighted by Gasteiger charge is 2.14. The van der Waals surface area contributed by atoms with Crippen molar-refractivity contribution in [3.63, 3.8) is 0 Å². The van der Waals surface area contributed by atoms with E-state index in [1.165, 1.54) is 0 Å². The maximum atomic E-state index is 5.87. The summed E-state index contributed by atoms with van der Waals surface area (Å²) in [5.74, 6) is 0.942. The predicted molar refractivity (Wildman–Crippen MR) is 66.4 cm³/mol. The van der Waals surface area contributed by atoms with Gasteiger partial charge in [0.1, 0.15) is 5.38 Å². The van der Waals surface area contributed by atoms with E-state index < -0.39 is 0 Å². The molecule has 2 rings (SSSR count). The Morgan fingerprint density at radius 1 is 1.38 bits per heavy atom. The second-order valence-electron chi connectivity index (χ2n) is 3.52. The smallest absolute Gasteiger partial charge is 0.248 e. The van der Waals surface area contributed by atoms with Crippen LogP contribution >= 0.6 is 27.5 Å². The van der Waals surface area contributed by atoms with E-state index in [-0.39, 0.29) is 5.38 Å². The van der Waals surface area contributed by atoms with E-state index in [2.05, 4.69) is 26.1 Å².